The third-order valence-electron chi connectivity index (χ3n) is 8.12. The molecule has 3 aliphatic rings. The Balaban J connectivity index is 1.26. The van der Waals surface area contributed by atoms with E-state index >= 15 is 0 Å². The van der Waals surface area contributed by atoms with E-state index in [2.05, 4.69) is 22.2 Å². The maximum absolute atomic E-state index is 12.5. The van der Waals surface area contributed by atoms with Gasteiger partial charge in [0.25, 0.3) is 0 Å². The van der Waals surface area contributed by atoms with Crippen molar-refractivity contribution in [1.82, 2.24) is 19.9 Å². The van der Waals surface area contributed by atoms with E-state index in [1.54, 1.807) is 24.5 Å². The number of carbonyl (C=O) groups excluding carboxylic acids is 2. The summed E-state index contributed by atoms with van der Waals surface area (Å²) in [6.07, 6.45) is 4.11. The molecule has 6 rings (SSSR count). The van der Waals surface area contributed by atoms with Crippen LogP contribution in [0.3, 0.4) is 0 Å². The van der Waals surface area contributed by atoms with Crippen LogP contribution >= 0.6 is 0 Å². The van der Waals surface area contributed by atoms with Gasteiger partial charge in [-0.25, -0.2) is 19.7 Å². The third kappa shape index (κ3) is 4.67. The second-order valence-electron chi connectivity index (χ2n) is 11.8. The highest BCUT2D eigenvalue weighted by molar-refractivity contribution is 5.93. The summed E-state index contributed by atoms with van der Waals surface area (Å²) in [5.74, 6) is 2.16. The zero-order valence-electron chi connectivity index (χ0n) is 22.9. The molecule has 4 atom stereocenters. The summed E-state index contributed by atoms with van der Waals surface area (Å²) in [6, 6.07) is 5.40. The van der Waals surface area contributed by atoms with Crippen LogP contribution in [-0.4, -0.2) is 57.0 Å². The molecule has 5 heterocycles. The number of nitrogens with one attached hydrogen (secondary N) is 1. The molecule has 0 bridgehead atoms. The van der Waals surface area contributed by atoms with Gasteiger partial charge in [-0.3, -0.25) is 4.79 Å². The van der Waals surface area contributed by atoms with Crippen LogP contribution in [0.5, 0.6) is 5.88 Å². The van der Waals surface area contributed by atoms with Crippen molar-refractivity contribution in [3.05, 3.63) is 47.4 Å². The first-order valence-electron chi connectivity index (χ1n) is 13.5. The van der Waals surface area contributed by atoms with Crippen molar-refractivity contribution in [2.24, 2.45) is 17.6 Å². The summed E-state index contributed by atoms with van der Waals surface area (Å²) in [7, 11) is 0. The number of rotatable bonds is 6. The molecule has 1 amide bonds. The lowest BCUT2D eigenvalue weighted by Gasteiger charge is -2.39. The van der Waals surface area contributed by atoms with E-state index in [4.69, 9.17) is 20.2 Å². The molecule has 2 fully saturated rings. The third-order valence-corrected chi connectivity index (χ3v) is 8.12. The zero-order valence-corrected chi connectivity index (χ0v) is 22.9. The molecule has 2 aliphatic heterocycles. The lowest BCUT2D eigenvalue weighted by molar-refractivity contribution is -0.141. The molecule has 0 aromatic carbocycles. The van der Waals surface area contributed by atoms with Crippen molar-refractivity contribution in [1.29, 1.82) is 0 Å². The van der Waals surface area contributed by atoms with Gasteiger partial charge in [-0.15, -0.1) is 0 Å². The Morgan fingerprint density at radius 3 is 2.56 bits per heavy atom. The zero-order chi connectivity index (χ0) is 27.6. The number of ether oxygens (including phenoxy) is 2. The van der Waals surface area contributed by atoms with Gasteiger partial charge < -0.3 is 25.4 Å². The number of fused-ring (bicyclic) bond motifs is 2. The van der Waals surface area contributed by atoms with E-state index in [-0.39, 0.29) is 35.9 Å². The molecule has 3 N–H and O–H groups in total. The van der Waals surface area contributed by atoms with Crippen molar-refractivity contribution < 1.29 is 19.1 Å². The van der Waals surface area contributed by atoms with E-state index in [1.807, 2.05) is 38.7 Å². The fourth-order valence-corrected chi connectivity index (χ4v) is 5.29. The molecule has 10 heteroatoms. The van der Waals surface area contributed by atoms with Gasteiger partial charge in [0.05, 0.1) is 29.7 Å². The Bertz CT molecular complexity index is 1480. The molecule has 1 saturated heterocycles. The highest BCUT2D eigenvalue weighted by atomic mass is 16.5. The highest BCUT2D eigenvalue weighted by Crippen LogP contribution is 2.40. The number of hydrogen-bond acceptors (Lipinski definition) is 9. The Morgan fingerprint density at radius 1 is 1.13 bits per heavy atom. The van der Waals surface area contributed by atoms with Crippen LogP contribution in [-0.2, 0) is 15.1 Å². The fourth-order valence-electron chi connectivity index (χ4n) is 5.29. The largest absolute Gasteiger partial charge is 0.470 e. The Hall–Kier alpha value is -3.79. The quantitative estimate of drug-likeness (QED) is 0.456. The number of nitrogens with two attached hydrogens (primary N) is 1. The van der Waals surface area contributed by atoms with E-state index in [0.29, 0.717) is 47.8 Å². The molecule has 0 spiro atoms. The smallest absolute Gasteiger partial charge is 0.340 e. The van der Waals surface area contributed by atoms with Gasteiger partial charge in [0.1, 0.15) is 23.8 Å². The molecule has 0 unspecified atom stereocenters. The van der Waals surface area contributed by atoms with Crippen LogP contribution in [0.15, 0.2) is 30.6 Å². The first kappa shape index (κ1) is 25.5. The Labute approximate surface area is 227 Å². The van der Waals surface area contributed by atoms with Crippen LogP contribution < -0.4 is 15.8 Å². The fraction of sp³-hybridized carbons (Fsp3) is 0.483. The van der Waals surface area contributed by atoms with Crippen LogP contribution in [0.4, 0.5) is 11.6 Å². The molecule has 204 valence electrons. The Morgan fingerprint density at radius 2 is 1.87 bits per heavy atom. The SMILES string of the molecule is C[C@@H]1C[C@H]1C(=O)N1CC(Oc2ncc(C(C)(C)N)c3cc(Nc4ccc5c(n4)[C@@H](C)[C@H](C)OC5=O)ncc23)C1. The predicted molar refractivity (Wildman–Crippen MR) is 146 cm³/mol. The van der Waals surface area contributed by atoms with Gasteiger partial charge in [0.15, 0.2) is 0 Å². The summed E-state index contributed by atoms with van der Waals surface area (Å²) in [4.78, 5) is 40.5. The minimum absolute atomic E-state index is 0.0233. The number of aromatic nitrogens is 3. The number of amides is 1. The number of cyclic esters (lactones) is 1. The molecular formula is C29H34N6O4. The average Bonchev–Trinajstić information content (AvgIpc) is 3.59. The number of likely N-dealkylation sites (tertiary alicyclic amines) is 1. The molecule has 3 aromatic rings. The molecule has 0 radical (unpaired) electrons. The minimum Gasteiger partial charge on any atom is -0.470 e. The lowest BCUT2D eigenvalue weighted by atomic mass is 9.93. The van der Waals surface area contributed by atoms with Gasteiger partial charge >= 0.3 is 5.97 Å². The first-order valence-corrected chi connectivity index (χ1v) is 13.5. The van der Waals surface area contributed by atoms with E-state index in [0.717, 1.165) is 22.8 Å². The number of carbonyl (C=O) groups is 2. The lowest BCUT2D eigenvalue weighted by Crippen LogP contribution is -2.56. The van der Waals surface area contributed by atoms with Crippen LogP contribution in [0.1, 0.15) is 68.6 Å². The molecule has 3 aromatic heterocycles. The minimum atomic E-state index is -0.654. The summed E-state index contributed by atoms with van der Waals surface area (Å²) in [6.45, 7) is 11.0. The summed E-state index contributed by atoms with van der Waals surface area (Å²) >= 11 is 0. The van der Waals surface area contributed by atoms with E-state index in [9.17, 15) is 9.59 Å². The molecule has 39 heavy (non-hydrogen) atoms. The monoisotopic (exact) mass is 530 g/mol. The summed E-state index contributed by atoms with van der Waals surface area (Å²) in [5, 5.41) is 4.89. The van der Waals surface area contributed by atoms with Crippen LogP contribution in [0, 0.1) is 11.8 Å². The second kappa shape index (κ2) is 9.15. The van der Waals surface area contributed by atoms with Crippen molar-refractivity contribution in [3.63, 3.8) is 0 Å². The van der Waals surface area contributed by atoms with Crippen molar-refractivity contribution in [3.8, 4) is 5.88 Å². The van der Waals surface area contributed by atoms with Gasteiger partial charge in [-0.05, 0) is 62.3 Å². The molecule has 10 nitrogen and oxygen atoms in total. The Kier molecular flexibility index (Phi) is 5.98. The number of pyridine rings is 3. The molecule has 1 saturated carbocycles. The molecule has 1 aliphatic carbocycles. The molecular weight excluding hydrogens is 496 g/mol. The average molecular weight is 531 g/mol. The number of anilines is 2. The van der Waals surface area contributed by atoms with Gasteiger partial charge in [0.2, 0.25) is 11.8 Å². The number of esters is 1. The van der Waals surface area contributed by atoms with Crippen molar-refractivity contribution in [2.75, 3.05) is 18.4 Å². The van der Waals surface area contributed by atoms with Crippen molar-refractivity contribution in [2.45, 2.75) is 64.7 Å². The first-order chi connectivity index (χ1) is 18.5. The predicted octanol–water partition coefficient (Wildman–Crippen LogP) is 3.87. The van der Waals surface area contributed by atoms with Gasteiger partial charge in [-0.1, -0.05) is 13.8 Å². The topological polar surface area (TPSA) is 133 Å². The number of nitrogens with zero attached hydrogens (tertiary/aromatic N) is 4. The van der Waals surface area contributed by atoms with Crippen molar-refractivity contribution >= 4 is 34.3 Å². The van der Waals surface area contributed by atoms with E-state index < -0.39 is 5.54 Å². The maximum atomic E-state index is 12.5. The normalized spacial score (nSPS) is 24.6. The maximum Gasteiger partial charge on any atom is 0.340 e. The highest BCUT2D eigenvalue weighted by Gasteiger charge is 2.45. The van der Waals surface area contributed by atoms with Crippen LogP contribution in [0.25, 0.3) is 10.8 Å². The second-order valence-corrected chi connectivity index (χ2v) is 11.8. The van der Waals surface area contributed by atoms with Gasteiger partial charge in [-0.2, -0.15) is 0 Å². The van der Waals surface area contributed by atoms with E-state index in [1.165, 1.54) is 0 Å². The summed E-state index contributed by atoms with van der Waals surface area (Å²) in [5.41, 5.74) is 7.90. The van der Waals surface area contributed by atoms with Gasteiger partial charge in [0, 0.05) is 29.8 Å². The standard InChI is InChI=1S/C29H34N6O4/c1-14-8-19(14)27(36)35-12-17(13-35)39-26-21-10-31-24(9-20(21)22(11-32-26)29(4,5)30)33-23-7-6-18-25(34-23)15(2)16(3)38-28(18)37/h6-7,9-11,14-17,19H,8,12-13,30H2,1-5H3,(H,31,33,34)/t14-,15+,16+,19-/m1/s1. The van der Waals surface area contributed by atoms with Crippen LogP contribution in [0.2, 0.25) is 0 Å². The summed E-state index contributed by atoms with van der Waals surface area (Å²) < 4.78 is 11.6. The number of hydrogen-bond donors (Lipinski definition) is 2.